The van der Waals surface area contributed by atoms with E-state index in [9.17, 15) is 0 Å². The summed E-state index contributed by atoms with van der Waals surface area (Å²) in [5.41, 5.74) is 4.03. The molecule has 0 bridgehead atoms. The molecule has 1 unspecified atom stereocenters. The minimum atomic E-state index is 0.312. The topological polar surface area (TPSA) is 0 Å². The standard InChI is InChI=1S/C14H13Br2ClS/c1-8-3-4-9(2)10(5-8)6-11(15)13-7-12(16)14(17)18-13/h3-5,7,11H,6H2,1-2H3. The van der Waals surface area contributed by atoms with Gasteiger partial charge < -0.3 is 0 Å². The van der Waals surface area contributed by atoms with Crippen LogP contribution in [0.15, 0.2) is 28.7 Å². The molecule has 0 nitrogen and oxygen atoms in total. The lowest BCUT2D eigenvalue weighted by Crippen LogP contribution is -1.96. The molecular weight excluding hydrogens is 395 g/mol. The van der Waals surface area contributed by atoms with E-state index in [1.54, 1.807) is 11.3 Å². The molecule has 0 fully saturated rings. The average Bonchev–Trinajstić information content (AvgIpc) is 2.64. The van der Waals surface area contributed by atoms with Crippen molar-refractivity contribution < 1.29 is 0 Å². The van der Waals surface area contributed by atoms with E-state index in [1.165, 1.54) is 21.6 Å². The Bertz CT molecular complexity index is 543. The summed E-state index contributed by atoms with van der Waals surface area (Å²) in [6.45, 7) is 4.29. The van der Waals surface area contributed by atoms with Crippen molar-refractivity contribution in [1.29, 1.82) is 0 Å². The minimum absolute atomic E-state index is 0.312. The molecule has 1 aromatic carbocycles. The van der Waals surface area contributed by atoms with Crippen molar-refractivity contribution in [2.45, 2.75) is 25.1 Å². The number of thiophene rings is 1. The Morgan fingerprint density at radius 3 is 2.61 bits per heavy atom. The first-order chi connectivity index (χ1) is 8.47. The van der Waals surface area contributed by atoms with Gasteiger partial charge in [-0.25, -0.2) is 0 Å². The van der Waals surface area contributed by atoms with E-state index in [-0.39, 0.29) is 0 Å². The van der Waals surface area contributed by atoms with Crippen molar-refractivity contribution in [2.24, 2.45) is 0 Å². The van der Waals surface area contributed by atoms with Crippen molar-refractivity contribution in [1.82, 2.24) is 0 Å². The highest BCUT2D eigenvalue weighted by Crippen LogP contribution is 2.39. The highest BCUT2D eigenvalue weighted by atomic mass is 79.9. The van der Waals surface area contributed by atoms with Crippen molar-refractivity contribution >= 4 is 54.8 Å². The fourth-order valence-corrected chi connectivity index (χ4v) is 4.31. The third-order valence-corrected chi connectivity index (χ3v) is 6.59. The molecule has 1 aromatic heterocycles. The van der Waals surface area contributed by atoms with Crippen LogP contribution in [0.25, 0.3) is 0 Å². The summed E-state index contributed by atoms with van der Waals surface area (Å²) >= 11 is 14.9. The van der Waals surface area contributed by atoms with Crippen LogP contribution in [0.5, 0.6) is 0 Å². The Kier molecular flexibility index (Phi) is 4.92. The first kappa shape index (κ1) is 14.6. The SMILES string of the molecule is Cc1ccc(C)c(CC(Br)c2cc(Br)c(Cl)s2)c1. The molecule has 0 amide bonds. The van der Waals surface area contributed by atoms with Crippen LogP contribution in [-0.4, -0.2) is 0 Å². The molecule has 1 atom stereocenters. The van der Waals surface area contributed by atoms with E-state index in [0.29, 0.717) is 4.83 Å². The summed E-state index contributed by atoms with van der Waals surface area (Å²) in [5, 5.41) is 0. The van der Waals surface area contributed by atoms with Gasteiger partial charge in [-0.2, -0.15) is 0 Å². The Balaban J connectivity index is 2.20. The second-order valence-corrected chi connectivity index (χ2v) is 8.02. The normalized spacial score (nSPS) is 12.7. The van der Waals surface area contributed by atoms with Crippen LogP contribution in [0.4, 0.5) is 0 Å². The van der Waals surface area contributed by atoms with Gasteiger partial charge in [0, 0.05) is 9.35 Å². The maximum Gasteiger partial charge on any atom is 0.107 e. The maximum absolute atomic E-state index is 6.08. The molecule has 2 rings (SSSR count). The van der Waals surface area contributed by atoms with E-state index in [2.05, 4.69) is 70.0 Å². The Hall–Kier alpha value is 0.170. The van der Waals surface area contributed by atoms with Gasteiger partial charge in [-0.1, -0.05) is 51.3 Å². The molecule has 2 aromatic rings. The molecule has 0 saturated heterocycles. The number of hydrogen-bond donors (Lipinski definition) is 0. The average molecular weight is 409 g/mol. The molecule has 96 valence electrons. The third kappa shape index (κ3) is 3.38. The minimum Gasteiger partial charge on any atom is -0.126 e. The lowest BCUT2D eigenvalue weighted by Gasteiger charge is -2.11. The summed E-state index contributed by atoms with van der Waals surface area (Å²) in [7, 11) is 0. The van der Waals surface area contributed by atoms with Gasteiger partial charge in [-0.05, 0) is 53.4 Å². The Labute approximate surface area is 134 Å². The zero-order chi connectivity index (χ0) is 13.3. The zero-order valence-corrected chi connectivity index (χ0v) is 14.9. The van der Waals surface area contributed by atoms with Crippen LogP contribution in [0, 0.1) is 13.8 Å². The fourth-order valence-electron chi connectivity index (χ4n) is 1.83. The number of rotatable bonds is 3. The fraction of sp³-hybridized carbons (Fsp3) is 0.286. The van der Waals surface area contributed by atoms with Crippen LogP contribution in [0.2, 0.25) is 4.34 Å². The van der Waals surface area contributed by atoms with Gasteiger partial charge in [0.1, 0.15) is 4.34 Å². The number of hydrogen-bond acceptors (Lipinski definition) is 1. The molecule has 0 aliphatic rings. The summed E-state index contributed by atoms with van der Waals surface area (Å²) in [4.78, 5) is 1.57. The number of halogens is 3. The number of alkyl halides is 1. The van der Waals surface area contributed by atoms with Crippen LogP contribution in [-0.2, 0) is 6.42 Å². The Morgan fingerprint density at radius 1 is 1.28 bits per heavy atom. The molecule has 0 spiro atoms. The largest absolute Gasteiger partial charge is 0.126 e. The zero-order valence-electron chi connectivity index (χ0n) is 10.1. The van der Waals surface area contributed by atoms with Crippen LogP contribution >= 0.6 is 54.8 Å². The second kappa shape index (κ2) is 6.08. The van der Waals surface area contributed by atoms with E-state index >= 15 is 0 Å². The van der Waals surface area contributed by atoms with Crippen LogP contribution < -0.4 is 0 Å². The van der Waals surface area contributed by atoms with Crippen molar-refractivity contribution in [3.8, 4) is 0 Å². The van der Waals surface area contributed by atoms with Gasteiger partial charge in [-0.15, -0.1) is 11.3 Å². The predicted octanol–water partition coefficient (Wildman–Crippen LogP) is 6.46. The molecule has 0 radical (unpaired) electrons. The van der Waals surface area contributed by atoms with Gasteiger partial charge in [-0.3, -0.25) is 0 Å². The highest BCUT2D eigenvalue weighted by Gasteiger charge is 2.14. The first-order valence-corrected chi connectivity index (χ1v) is 8.52. The van der Waals surface area contributed by atoms with Crippen molar-refractivity contribution in [3.63, 3.8) is 0 Å². The van der Waals surface area contributed by atoms with Crippen molar-refractivity contribution in [2.75, 3.05) is 0 Å². The molecule has 0 aliphatic carbocycles. The quantitative estimate of drug-likeness (QED) is 0.511. The molecule has 0 saturated carbocycles. The van der Waals surface area contributed by atoms with Gasteiger partial charge in [0.2, 0.25) is 0 Å². The lowest BCUT2D eigenvalue weighted by atomic mass is 10.0. The number of aryl methyl sites for hydroxylation is 2. The maximum atomic E-state index is 6.08. The van der Waals surface area contributed by atoms with E-state index in [0.717, 1.165) is 15.2 Å². The van der Waals surface area contributed by atoms with Crippen LogP contribution in [0.3, 0.4) is 0 Å². The van der Waals surface area contributed by atoms with Crippen LogP contribution in [0.1, 0.15) is 26.4 Å². The molecule has 1 heterocycles. The Morgan fingerprint density at radius 2 is 2.00 bits per heavy atom. The molecule has 0 aliphatic heterocycles. The number of benzene rings is 1. The second-order valence-electron chi connectivity index (χ2n) is 4.37. The van der Waals surface area contributed by atoms with Crippen molar-refractivity contribution in [3.05, 3.63) is 54.6 Å². The van der Waals surface area contributed by atoms with Gasteiger partial charge in [0.25, 0.3) is 0 Å². The predicted molar refractivity (Wildman–Crippen MR) is 88.3 cm³/mol. The van der Waals surface area contributed by atoms with E-state index < -0.39 is 0 Å². The van der Waals surface area contributed by atoms with Gasteiger partial charge >= 0.3 is 0 Å². The monoisotopic (exact) mass is 406 g/mol. The highest BCUT2D eigenvalue weighted by molar-refractivity contribution is 9.10. The molecular formula is C14H13Br2ClS. The molecule has 4 heteroatoms. The smallest absolute Gasteiger partial charge is 0.107 e. The van der Waals surface area contributed by atoms with Gasteiger partial charge in [0.15, 0.2) is 0 Å². The molecule has 0 N–H and O–H groups in total. The van der Waals surface area contributed by atoms with Gasteiger partial charge in [0.05, 0.1) is 4.83 Å². The summed E-state index contributed by atoms with van der Waals surface area (Å²) < 4.78 is 1.80. The molecule has 18 heavy (non-hydrogen) atoms. The summed E-state index contributed by atoms with van der Waals surface area (Å²) in [5.74, 6) is 0. The summed E-state index contributed by atoms with van der Waals surface area (Å²) in [6, 6.07) is 8.69. The first-order valence-electron chi connectivity index (χ1n) is 5.62. The third-order valence-electron chi connectivity index (χ3n) is 2.88. The van der Waals surface area contributed by atoms with E-state index in [4.69, 9.17) is 11.6 Å². The lowest BCUT2D eigenvalue weighted by molar-refractivity contribution is 0.954. The summed E-state index contributed by atoms with van der Waals surface area (Å²) in [6.07, 6.45) is 0.983. The van der Waals surface area contributed by atoms with E-state index in [1.807, 2.05) is 0 Å².